The fourth-order valence-electron chi connectivity index (χ4n) is 9.82. The SMILES string of the molecule is CC[C@@H]1OC(=O)[C@H](C)C(=O)[C@H](C)[C@@H](O[C@@H]2O[C@H](C)C[C@H](N(C)C)[C@H]2O)[C@@](C)(OCC#Cc2ccc(Oc3ccccc3)cc2)C[C@@H](C)C2=NCCN3C(=O)O[C@@]1(C)[C@H]3[C@@H]2C. The average molecular weight is 830 g/mol. The maximum atomic E-state index is 14.6. The molecule has 4 aliphatic rings. The van der Waals surface area contributed by atoms with Crippen LogP contribution < -0.4 is 4.74 Å². The van der Waals surface area contributed by atoms with Gasteiger partial charge in [-0.3, -0.25) is 19.5 Å². The molecule has 2 aromatic rings. The number of aliphatic imine (C=N–C) groups is 1. The summed E-state index contributed by atoms with van der Waals surface area (Å²) in [6.45, 7) is 15.5. The molecule has 0 aromatic heterocycles. The number of fused-ring (bicyclic) bond motifs is 1. The molecule has 2 aromatic carbocycles. The van der Waals surface area contributed by atoms with Crippen LogP contribution in [0, 0.1) is 35.5 Å². The highest BCUT2D eigenvalue weighted by Gasteiger charge is 2.60. The average Bonchev–Trinajstić information content (AvgIpc) is 3.34. The predicted molar refractivity (Wildman–Crippen MR) is 226 cm³/mol. The topological polar surface area (TPSA) is 146 Å². The van der Waals surface area contributed by atoms with Crippen molar-refractivity contribution in [2.24, 2.45) is 28.7 Å². The number of ether oxygens (including phenoxy) is 6. The zero-order valence-electron chi connectivity index (χ0n) is 36.8. The molecule has 1 amide bonds. The number of hydrogen-bond donors (Lipinski definition) is 1. The minimum absolute atomic E-state index is 0.0360. The molecule has 13 atom stereocenters. The molecular weight excluding hydrogens is 767 g/mol. The number of para-hydroxylation sites is 1. The predicted octanol–water partition coefficient (Wildman–Crippen LogP) is 6.29. The first kappa shape index (κ1) is 45.2. The summed E-state index contributed by atoms with van der Waals surface area (Å²) in [4.78, 5) is 50.8. The normalized spacial score (nSPS) is 36.3. The van der Waals surface area contributed by atoms with E-state index in [2.05, 4.69) is 18.8 Å². The number of nitrogens with zero attached hydrogens (tertiary/aromatic N) is 3. The van der Waals surface area contributed by atoms with Gasteiger partial charge >= 0.3 is 12.1 Å². The molecule has 326 valence electrons. The number of esters is 1. The van der Waals surface area contributed by atoms with Gasteiger partial charge in [0, 0.05) is 35.7 Å². The number of aliphatic hydroxyl groups is 1. The summed E-state index contributed by atoms with van der Waals surface area (Å²) in [6, 6.07) is 16.2. The van der Waals surface area contributed by atoms with Crippen molar-refractivity contribution in [3.63, 3.8) is 0 Å². The van der Waals surface area contributed by atoms with Crippen LogP contribution in [0.25, 0.3) is 0 Å². The number of cyclic esters (lactones) is 1. The molecule has 0 radical (unpaired) electrons. The number of amides is 1. The summed E-state index contributed by atoms with van der Waals surface area (Å²) in [5.74, 6) is 3.91. The van der Waals surface area contributed by atoms with Crippen LogP contribution in [0.4, 0.5) is 4.79 Å². The Labute approximate surface area is 355 Å². The van der Waals surface area contributed by atoms with Crippen LogP contribution >= 0.6 is 0 Å². The largest absolute Gasteiger partial charge is 0.458 e. The van der Waals surface area contributed by atoms with Gasteiger partial charge in [-0.2, -0.15) is 0 Å². The Morgan fingerprint density at radius 1 is 0.967 bits per heavy atom. The Morgan fingerprint density at radius 2 is 1.65 bits per heavy atom. The van der Waals surface area contributed by atoms with E-state index in [9.17, 15) is 19.5 Å². The lowest BCUT2D eigenvalue weighted by molar-refractivity contribution is -0.296. The number of rotatable bonds is 8. The summed E-state index contributed by atoms with van der Waals surface area (Å²) >= 11 is 0. The zero-order valence-corrected chi connectivity index (χ0v) is 36.8. The number of likely N-dealkylation sites (N-methyl/N-ethyl adjacent to an activating group) is 1. The van der Waals surface area contributed by atoms with Gasteiger partial charge in [0.05, 0.1) is 30.4 Å². The summed E-state index contributed by atoms with van der Waals surface area (Å²) in [7, 11) is 3.79. The van der Waals surface area contributed by atoms with E-state index in [1.54, 1.807) is 11.8 Å². The lowest BCUT2D eigenvalue weighted by Gasteiger charge is -2.47. The number of hydrogen-bond acceptors (Lipinski definition) is 12. The van der Waals surface area contributed by atoms with Crippen molar-refractivity contribution in [2.45, 2.75) is 129 Å². The van der Waals surface area contributed by atoms with E-state index in [-0.39, 0.29) is 30.6 Å². The minimum atomic E-state index is -1.26. The molecule has 13 heteroatoms. The highest BCUT2D eigenvalue weighted by atomic mass is 16.7. The maximum Gasteiger partial charge on any atom is 0.410 e. The highest BCUT2D eigenvalue weighted by molar-refractivity contribution is 6.00. The number of Topliss-reactive ketones (excluding diaryl/α,β-unsaturated/α-hetero) is 1. The maximum absolute atomic E-state index is 14.6. The molecule has 1 N–H and O–H groups in total. The van der Waals surface area contributed by atoms with Crippen molar-refractivity contribution in [3.05, 3.63) is 60.2 Å². The van der Waals surface area contributed by atoms with Gasteiger partial charge < -0.3 is 38.4 Å². The van der Waals surface area contributed by atoms with Gasteiger partial charge in [-0.25, -0.2) is 4.79 Å². The Balaban J connectivity index is 1.38. The molecule has 4 aliphatic heterocycles. The fourth-order valence-corrected chi connectivity index (χ4v) is 9.82. The first-order chi connectivity index (χ1) is 28.5. The quantitative estimate of drug-likeness (QED) is 0.182. The van der Waals surface area contributed by atoms with Crippen LogP contribution in [0.2, 0.25) is 0 Å². The first-order valence-corrected chi connectivity index (χ1v) is 21.4. The zero-order chi connectivity index (χ0) is 43.5. The van der Waals surface area contributed by atoms with Gasteiger partial charge in [-0.05, 0) is 103 Å². The van der Waals surface area contributed by atoms with Crippen LogP contribution in [0.1, 0.15) is 80.2 Å². The third kappa shape index (κ3) is 9.43. The molecule has 2 bridgehead atoms. The van der Waals surface area contributed by atoms with E-state index >= 15 is 0 Å². The molecular formula is C47H63N3O10. The van der Waals surface area contributed by atoms with Gasteiger partial charge in [0.15, 0.2) is 17.7 Å². The molecule has 60 heavy (non-hydrogen) atoms. The van der Waals surface area contributed by atoms with Gasteiger partial charge in [0.2, 0.25) is 0 Å². The molecule has 13 nitrogen and oxygen atoms in total. The summed E-state index contributed by atoms with van der Waals surface area (Å²) in [6.07, 6.45) is -3.51. The Bertz CT molecular complexity index is 1930. The third-order valence-corrected chi connectivity index (χ3v) is 12.9. The van der Waals surface area contributed by atoms with Crippen molar-refractivity contribution in [1.82, 2.24) is 9.80 Å². The van der Waals surface area contributed by atoms with Crippen molar-refractivity contribution in [3.8, 4) is 23.3 Å². The minimum Gasteiger partial charge on any atom is -0.458 e. The summed E-state index contributed by atoms with van der Waals surface area (Å²) in [5.41, 5.74) is -0.855. The molecule has 4 heterocycles. The molecule has 0 saturated carbocycles. The Kier molecular flexibility index (Phi) is 14.1. The summed E-state index contributed by atoms with van der Waals surface area (Å²) in [5, 5.41) is 11.7. The van der Waals surface area contributed by atoms with Crippen LogP contribution in [0.3, 0.4) is 0 Å². The van der Waals surface area contributed by atoms with E-state index in [0.717, 1.165) is 17.0 Å². The van der Waals surface area contributed by atoms with E-state index < -0.39 is 71.5 Å². The van der Waals surface area contributed by atoms with Crippen molar-refractivity contribution in [1.29, 1.82) is 0 Å². The van der Waals surface area contributed by atoms with Gasteiger partial charge in [0.1, 0.15) is 36.2 Å². The van der Waals surface area contributed by atoms with Gasteiger partial charge in [0.25, 0.3) is 0 Å². The van der Waals surface area contributed by atoms with Crippen LogP contribution in [-0.4, -0.2) is 126 Å². The van der Waals surface area contributed by atoms with Crippen LogP contribution in [-0.2, 0) is 33.3 Å². The van der Waals surface area contributed by atoms with E-state index in [0.29, 0.717) is 38.1 Å². The van der Waals surface area contributed by atoms with E-state index in [1.807, 2.05) is 108 Å². The molecule has 3 saturated heterocycles. The first-order valence-electron chi connectivity index (χ1n) is 21.4. The number of aliphatic hydroxyl groups excluding tert-OH is 1. The van der Waals surface area contributed by atoms with E-state index in [1.165, 1.54) is 6.92 Å². The molecule has 0 aliphatic carbocycles. The molecule has 6 rings (SSSR count). The van der Waals surface area contributed by atoms with Gasteiger partial charge in [-0.1, -0.05) is 57.7 Å². The Hall–Kier alpha value is -4.32. The third-order valence-electron chi connectivity index (χ3n) is 12.9. The smallest absolute Gasteiger partial charge is 0.410 e. The monoisotopic (exact) mass is 829 g/mol. The van der Waals surface area contributed by atoms with Crippen LogP contribution in [0.5, 0.6) is 11.5 Å². The Morgan fingerprint density at radius 3 is 2.32 bits per heavy atom. The number of carbonyl (C=O) groups excluding carboxylic acids is 3. The molecule has 3 fully saturated rings. The van der Waals surface area contributed by atoms with Crippen LogP contribution in [0.15, 0.2) is 59.6 Å². The second-order valence-electron chi connectivity index (χ2n) is 17.6. The van der Waals surface area contributed by atoms with Crippen molar-refractivity contribution >= 4 is 23.6 Å². The summed E-state index contributed by atoms with van der Waals surface area (Å²) < 4.78 is 38.2. The molecule has 0 unspecified atom stereocenters. The second kappa shape index (κ2) is 18.7. The van der Waals surface area contributed by atoms with Gasteiger partial charge in [-0.15, -0.1) is 0 Å². The van der Waals surface area contributed by atoms with E-state index in [4.69, 9.17) is 33.4 Å². The standard InChI is InChI=1S/C47H63N3O10/c1-11-37-47(8)41-30(4)38(48-23-24-50(41)45(54)60-47)28(2)27-46(7,55-25-15-16-33-19-21-35(22-20-33)57-34-17-13-12-14-18-34)42(31(5)39(51)32(6)43(53)58-37)59-44-40(52)36(49(9)10)26-29(3)56-44/h12-14,17-22,28-32,36-37,40-42,44,52H,11,23-27H2,1-10H3/t28-,29-,30-,31+,32-,36+,37+,40-,41-,42-,44+,46+,47-/m1/s1. The molecule has 0 spiro atoms. The second-order valence-corrected chi connectivity index (χ2v) is 17.6. The lowest BCUT2D eigenvalue weighted by Crippen LogP contribution is -2.60. The number of carbonyl (C=O) groups is 3. The lowest BCUT2D eigenvalue weighted by atomic mass is 9.73. The van der Waals surface area contributed by atoms with Crippen molar-refractivity contribution < 1.29 is 47.9 Å². The fraction of sp³-hybridized carbons (Fsp3) is 0.617. The number of benzene rings is 2. The highest BCUT2D eigenvalue weighted by Crippen LogP contribution is 2.44. The van der Waals surface area contributed by atoms with Crippen molar-refractivity contribution in [2.75, 3.05) is 33.8 Å². The number of ketones is 1.